The summed E-state index contributed by atoms with van der Waals surface area (Å²) >= 11 is 0. The van der Waals surface area contributed by atoms with Crippen molar-refractivity contribution < 1.29 is 23.5 Å². The summed E-state index contributed by atoms with van der Waals surface area (Å²) < 4.78 is 24.3. The van der Waals surface area contributed by atoms with E-state index < -0.39 is 5.92 Å². The molecule has 2 atom stereocenters. The lowest BCUT2D eigenvalue weighted by Crippen LogP contribution is -2.35. The van der Waals surface area contributed by atoms with Crippen molar-refractivity contribution in [2.75, 3.05) is 27.3 Å². The molecule has 1 aliphatic rings. The number of nitrogens with zero attached hydrogens (tertiary/aromatic N) is 1. The molecule has 0 saturated carbocycles. The van der Waals surface area contributed by atoms with Crippen molar-refractivity contribution in [3.05, 3.63) is 94.8 Å². The number of rotatable bonds is 7. The van der Waals surface area contributed by atoms with Gasteiger partial charge in [0.15, 0.2) is 11.5 Å². The average Bonchev–Trinajstić information content (AvgIpc) is 3.33. The zero-order valence-corrected chi connectivity index (χ0v) is 20.1. The fourth-order valence-corrected chi connectivity index (χ4v) is 4.56. The molecule has 1 aliphatic heterocycles. The number of carbonyl (C=O) groups excluding carboxylic acids is 2. The summed E-state index contributed by atoms with van der Waals surface area (Å²) in [5, 5.41) is 2.96. The maximum absolute atomic E-state index is 13.4. The highest BCUT2D eigenvalue weighted by molar-refractivity contribution is 5.95. The number of para-hydroxylation sites is 1. The smallest absolute Gasteiger partial charge is 0.253 e. The second-order valence-electron chi connectivity index (χ2n) is 8.72. The Morgan fingerprint density at radius 1 is 0.971 bits per heavy atom. The molecule has 0 radical (unpaired) electrons. The molecular weight excluding hydrogens is 447 g/mol. The van der Waals surface area contributed by atoms with Crippen LogP contribution in [0.3, 0.4) is 0 Å². The van der Waals surface area contributed by atoms with Gasteiger partial charge in [0.05, 0.1) is 20.1 Å². The second-order valence-corrected chi connectivity index (χ2v) is 8.72. The van der Waals surface area contributed by atoms with E-state index in [0.717, 1.165) is 16.7 Å². The van der Waals surface area contributed by atoms with Gasteiger partial charge in [-0.3, -0.25) is 9.59 Å². The zero-order valence-electron chi connectivity index (χ0n) is 20.1. The predicted molar refractivity (Wildman–Crippen MR) is 131 cm³/mol. The highest BCUT2D eigenvalue weighted by Gasteiger charge is 2.42. The molecule has 1 fully saturated rings. The minimum absolute atomic E-state index is 0.120. The minimum Gasteiger partial charge on any atom is -0.493 e. The second kappa shape index (κ2) is 10.6. The van der Waals surface area contributed by atoms with Crippen LogP contribution >= 0.6 is 0 Å². The number of carbonyl (C=O) groups is 2. The summed E-state index contributed by atoms with van der Waals surface area (Å²) in [4.78, 5) is 28.4. The molecule has 0 aromatic heterocycles. The molecule has 1 N–H and O–H groups in total. The summed E-state index contributed by atoms with van der Waals surface area (Å²) in [5.41, 5.74) is 3.26. The van der Waals surface area contributed by atoms with Crippen LogP contribution in [0.2, 0.25) is 0 Å². The molecule has 0 unspecified atom stereocenters. The minimum atomic E-state index is -0.495. The Kier molecular flexibility index (Phi) is 7.34. The standard InChI is InChI=1S/C28H29FN2O4/c1-18-7-11-20(12-8-18)28(33)31-16-23(22-5-4-6-25(34-2)26(22)35-3)24(17-31)27(32)30-15-19-9-13-21(29)14-10-19/h4-14,23-24H,15-17H2,1-3H3,(H,30,32)/t23-,24+/m0/s1. The van der Waals surface area contributed by atoms with Crippen LogP contribution in [0, 0.1) is 18.7 Å². The Balaban J connectivity index is 1.61. The molecule has 0 aliphatic carbocycles. The van der Waals surface area contributed by atoms with Crippen molar-refractivity contribution in [3.63, 3.8) is 0 Å². The Morgan fingerprint density at radius 2 is 1.69 bits per heavy atom. The van der Waals surface area contributed by atoms with Crippen LogP contribution in [0.1, 0.15) is 33.0 Å². The molecule has 3 aromatic carbocycles. The fourth-order valence-electron chi connectivity index (χ4n) is 4.56. The van der Waals surface area contributed by atoms with E-state index in [2.05, 4.69) is 5.32 Å². The monoisotopic (exact) mass is 476 g/mol. The van der Waals surface area contributed by atoms with Crippen molar-refractivity contribution in [1.82, 2.24) is 10.2 Å². The summed E-state index contributed by atoms with van der Waals surface area (Å²) in [6.45, 7) is 2.87. The highest BCUT2D eigenvalue weighted by atomic mass is 19.1. The Hall–Kier alpha value is -3.87. The van der Waals surface area contributed by atoms with Gasteiger partial charge in [0.25, 0.3) is 5.91 Å². The van der Waals surface area contributed by atoms with Gasteiger partial charge in [-0.05, 0) is 42.8 Å². The summed E-state index contributed by atoms with van der Waals surface area (Å²) in [7, 11) is 3.13. The Labute approximate surface area is 204 Å². The van der Waals surface area contributed by atoms with Gasteiger partial charge in [0, 0.05) is 36.7 Å². The fraction of sp³-hybridized carbons (Fsp3) is 0.286. The normalized spacial score (nSPS) is 17.2. The van der Waals surface area contributed by atoms with E-state index in [1.165, 1.54) is 12.1 Å². The van der Waals surface area contributed by atoms with Crippen LogP contribution in [0.4, 0.5) is 4.39 Å². The van der Waals surface area contributed by atoms with Crippen molar-refractivity contribution in [2.45, 2.75) is 19.4 Å². The maximum atomic E-state index is 13.4. The molecule has 6 nitrogen and oxygen atoms in total. The number of hydrogen-bond donors (Lipinski definition) is 1. The van der Waals surface area contributed by atoms with Gasteiger partial charge < -0.3 is 19.7 Å². The van der Waals surface area contributed by atoms with Crippen molar-refractivity contribution >= 4 is 11.8 Å². The summed E-state index contributed by atoms with van der Waals surface area (Å²) in [6, 6.07) is 19.0. The number of aryl methyl sites for hydroxylation is 1. The number of amides is 2. The number of nitrogens with one attached hydrogen (secondary N) is 1. The summed E-state index contributed by atoms with van der Waals surface area (Å²) in [5.74, 6) is -0.284. The highest BCUT2D eigenvalue weighted by Crippen LogP contribution is 2.42. The molecule has 1 saturated heterocycles. The molecule has 4 rings (SSSR count). The molecule has 1 heterocycles. The molecule has 182 valence electrons. The van der Waals surface area contributed by atoms with Crippen LogP contribution in [-0.4, -0.2) is 44.0 Å². The molecule has 35 heavy (non-hydrogen) atoms. The van der Waals surface area contributed by atoms with E-state index in [9.17, 15) is 14.0 Å². The molecule has 0 spiro atoms. The van der Waals surface area contributed by atoms with Crippen LogP contribution < -0.4 is 14.8 Å². The third-order valence-corrected chi connectivity index (χ3v) is 6.46. The van der Waals surface area contributed by atoms with E-state index in [1.54, 1.807) is 49.5 Å². The summed E-state index contributed by atoms with van der Waals surface area (Å²) in [6.07, 6.45) is 0. The number of hydrogen-bond acceptors (Lipinski definition) is 4. The Morgan fingerprint density at radius 3 is 2.34 bits per heavy atom. The quantitative estimate of drug-likeness (QED) is 0.552. The first-order chi connectivity index (χ1) is 16.9. The number of methoxy groups -OCH3 is 2. The lowest BCUT2D eigenvalue weighted by atomic mass is 9.87. The first-order valence-corrected chi connectivity index (χ1v) is 11.5. The molecule has 3 aromatic rings. The lowest BCUT2D eigenvalue weighted by Gasteiger charge is -2.21. The van der Waals surface area contributed by atoms with Gasteiger partial charge in [-0.15, -0.1) is 0 Å². The first kappa shape index (κ1) is 24.3. The number of likely N-dealkylation sites (tertiary alicyclic amines) is 1. The van der Waals surface area contributed by atoms with Gasteiger partial charge in [-0.1, -0.05) is 42.0 Å². The van der Waals surface area contributed by atoms with Crippen LogP contribution in [0.25, 0.3) is 0 Å². The van der Waals surface area contributed by atoms with Crippen molar-refractivity contribution in [2.24, 2.45) is 5.92 Å². The SMILES string of the molecule is COc1cccc([C@@H]2CN(C(=O)c3ccc(C)cc3)C[C@H]2C(=O)NCc2ccc(F)cc2)c1OC. The van der Waals surface area contributed by atoms with Crippen molar-refractivity contribution in [1.29, 1.82) is 0 Å². The number of halogens is 1. The molecule has 7 heteroatoms. The lowest BCUT2D eigenvalue weighted by molar-refractivity contribution is -0.125. The van der Waals surface area contributed by atoms with Crippen LogP contribution in [-0.2, 0) is 11.3 Å². The number of ether oxygens (including phenoxy) is 2. The largest absolute Gasteiger partial charge is 0.493 e. The number of benzene rings is 3. The van der Waals surface area contributed by atoms with Gasteiger partial charge in [-0.25, -0.2) is 4.39 Å². The van der Waals surface area contributed by atoms with Gasteiger partial charge in [0.2, 0.25) is 5.91 Å². The van der Waals surface area contributed by atoms with Crippen LogP contribution in [0.15, 0.2) is 66.7 Å². The average molecular weight is 477 g/mol. The van der Waals surface area contributed by atoms with E-state index in [4.69, 9.17) is 9.47 Å². The molecule has 2 amide bonds. The van der Waals surface area contributed by atoms with E-state index in [-0.39, 0.29) is 36.6 Å². The van der Waals surface area contributed by atoms with E-state index in [1.807, 2.05) is 31.2 Å². The Bertz CT molecular complexity index is 1190. The molecule has 0 bridgehead atoms. The first-order valence-electron chi connectivity index (χ1n) is 11.5. The predicted octanol–water partition coefficient (Wildman–Crippen LogP) is 4.32. The van der Waals surface area contributed by atoms with E-state index >= 15 is 0 Å². The van der Waals surface area contributed by atoms with Crippen LogP contribution in [0.5, 0.6) is 11.5 Å². The topological polar surface area (TPSA) is 67.9 Å². The van der Waals surface area contributed by atoms with Gasteiger partial charge in [-0.2, -0.15) is 0 Å². The van der Waals surface area contributed by atoms with Gasteiger partial charge >= 0.3 is 0 Å². The zero-order chi connectivity index (χ0) is 24.9. The maximum Gasteiger partial charge on any atom is 0.253 e. The molecular formula is C28H29FN2O4. The third-order valence-electron chi connectivity index (χ3n) is 6.46. The van der Waals surface area contributed by atoms with E-state index in [0.29, 0.717) is 23.6 Å². The van der Waals surface area contributed by atoms with Gasteiger partial charge in [0.1, 0.15) is 5.82 Å². The third kappa shape index (κ3) is 5.29. The van der Waals surface area contributed by atoms with Crippen molar-refractivity contribution in [3.8, 4) is 11.5 Å².